The Balaban J connectivity index is 2.12. The van der Waals surface area contributed by atoms with E-state index in [2.05, 4.69) is 10.3 Å². The Bertz CT molecular complexity index is 518. The maximum atomic E-state index is 13.9. The van der Waals surface area contributed by atoms with Crippen LogP contribution in [0.2, 0.25) is 0 Å². The van der Waals surface area contributed by atoms with Crippen molar-refractivity contribution in [3.63, 3.8) is 0 Å². The molecule has 1 aromatic rings. The van der Waals surface area contributed by atoms with E-state index in [0.29, 0.717) is 6.54 Å². The molecule has 0 aliphatic carbocycles. The predicted molar refractivity (Wildman–Crippen MR) is 77.4 cm³/mol. The van der Waals surface area contributed by atoms with Crippen LogP contribution in [0.5, 0.6) is 0 Å². The summed E-state index contributed by atoms with van der Waals surface area (Å²) in [4.78, 5) is 19.2. The Labute approximate surface area is 122 Å². The van der Waals surface area contributed by atoms with Crippen LogP contribution in [0.4, 0.5) is 20.4 Å². The van der Waals surface area contributed by atoms with E-state index in [1.165, 1.54) is 4.90 Å². The van der Waals surface area contributed by atoms with Crippen molar-refractivity contribution in [2.45, 2.75) is 19.8 Å². The Kier molecular flexibility index (Phi) is 4.93. The quantitative estimate of drug-likeness (QED) is 0.901. The van der Waals surface area contributed by atoms with Gasteiger partial charge in [0.05, 0.1) is 6.54 Å². The molecular weight excluding hydrogens is 278 g/mol. The van der Waals surface area contributed by atoms with Crippen LogP contribution in [-0.4, -0.2) is 49.0 Å². The summed E-state index contributed by atoms with van der Waals surface area (Å²) in [6, 6.07) is 0.789. The number of carbonyl (C=O) groups excluding carboxylic acids is 1. The summed E-state index contributed by atoms with van der Waals surface area (Å²) in [5.41, 5.74) is 0. The minimum Gasteiger partial charge on any atom is -0.368 e. The van der Waals surface area contributed by atoms with Gasteiger partial charge in [-0.15, -0.1) is 0 Å². The fraction of sp³-hybridized carbons (Fsp3) is 0.571. The number of likely N-dealkylation sites (tertiary alicyclic amines) is 1. The Morgan fingerprint density at radius 3 is 2.67 bits per heavy atom. The van der Waals surface area contributed by atoms with Gasteiger partial charge in [-0.25, -0.2) is 13.8 Å². The van der Waals surface area contributed by atoms with Crippen molar-refractivity contribution in [3.05, 3.63) is 17.7 Å². The lowest BCUT2D eigenvalue weighted by atomic mass is 10.3. The summed E-state index contributed by atoms with van der Waals surface area (Å²) in [6.45, 7) is 3.79. The molecular formula is C14H20F2N4O. The number of rotatable bonds is 5. The highest BCUT2D eigenvalue weighted by Gasteiger charge is 2.22. The van der Waals surface area contributed by atoms with Crippen molar-refractivity contribution < 1.29 is 13.6 Å². The molecule has 5 nitrogen and oxygen atoms in total. The molecule has 0 unspecified atom stereocenters. The van der Waals surface area contributed by atoms with Crippen molar-refractivity contribution >= 4 is 17.5 Å². The first-order chi connectivity index (χ1) is 10.0. The van der Waals surface area contributed by atoms with Gasteiger partial charge in [-0.3, -0.25) is 4.79 Å². The zero-order chi connectivity index (χ0) is 15.4. The second kappa shape index (κ2) is 6.69. The molecule has 1 amide bonds. The van der Waals surface area contributed by atoms with Crippen molar-refractivity contribution in [1.29, 1.82) is 0 Å². The molecule has 0 bridgehead atoms. The van der Waals surface area contributed by atoms with Gasteiger partial charge in [-0.05, 0) is 19.8 Å². The lowest BCUT2D eigenvalue weighted by Gasteiger charge is -2.23. The third kappa shape index (κ3) is 3.59. The van der Waals surface area contributed by atoms with E-state index in [1.54, 1.807) is 18.9 Å². The van der Waals surface area contributed by atoms with Gasteiger partial charge >= 0.3 is 0 Å². The molecule has 1 saturated heterocycles. The molecule has 1 aliphatic heterocycles. The molecule has 116 valence electrons. The van der Waals surface area contributed by atoms with E-state index >= 15 is 0 Å². The Morgan fingerprint density at radius 1 is 1.38 bits per heavy atom. The van der Waals surface area contributed by atoms with Gasteiger partial charge in [0.15, 0.2) is 23.3 Å². The molecule has 0 aromatic carbocycles. The number of hydrogen-bond donors (Lipinski definition) is 1. The fourth-order valence-electron chi connectivity index (χ4n) is 2.36. The smallest absolute Gasteiger partial charge is 0.242 e. The minimum atomic E-state index is -0.772. The third-order valence-corrected chi connectivity index (χ3v) is 3.45. The number of carbonyl (C=O) groups is 1. The van der Waals surface area contributed by atoms with E-state index in [0.717, 1.165) is 32.0 Å². The van der Waals surface area contributed by atoms with Crippen LogP contribution in [0, 0.1) is 11.6 Å². The van der Waals surface area contributed by atoms with Gasteiger partial charge < -0.3 is 15.1 Å². The maximum absolute atomic E-state index is 13.9. The van der Waals surface area contributed by atoms with Gasteiger partial charge in [0.1, 0.15) is 0 Å². The number of nitrogens with one attached hydrogen (secondary N) is 1. The third-order valence-electron chi connectivity index (χ3n) is 3.45. The number of aromatic nitrogens is 1. The lowest BCUT2D eigenvalue weighted by molar-refractivity contribution is -0.128. The molecule has 7 heteroatoms. The molecule has 0 radical (unpaired) electrons. The predicted octanol–water partition coefficient (Wildman–Crippen LogP) is 1.85. The second-order valence-electron chi connectivity index (χ2n) is 5.10. The van der Waals surface area contributed by atoms with Crippen LogP contribution in [0.3, 0.4) is 0 Å². The van der Waals surface area contributed by atoms with Gasteiger partial charge in [0.2, 0.25) is 5.91 Å². The van der Waals surface area contributed by atoms with Gasteiger partial charge in [-0.1, -0.05) is 0 Å². The first-order valence-electron chi connectivity index (χ1n) is 7.11. The van der Waals surface area contributed by atoms with Crippen LogP contribution >= 0.6 is 0 Å². The van der Waals surface area contributed by atoms with E-state index in [-0.39, 0.29) is 24.1 Å². The van der Waals surface area contributed by atoms with Crippen LogP contribution < -0.4 is 10.2 Å². The summed E-state index contributed by atoms with van der Waals surface area (Å²) >= 11 is 0. The number of pyridine rings is 1. The standard InChI is InChI=1S/C14H20F2N4O/c1-3-17-13-10(15)8-11(16)14(18-13)19(2)9-12(21)20-6-4-5-7-20/h8H,3-7,9H2,1-2H3,(H,17,18). The van der Waals surface area contributed by atoms with Crippen molar-refractivity contribution in [2.75, 3.05) is 43.4 Å². The second-order valence-corrected chi connectivity index (χ2v) is 5.10. The highest BCUT2D eigenvalue weighted by atomic mass is 19.1. The molecule has 21 heavy (non-hydrogen) atoms. The normalized spacial score (nSPS) is 14.4. The number of likely N-dealkylation sites (N-methyl/N-ethyl adjacent to an activating group) is 1. The summed E-state index contributed by atoms with van der Waals surface area (Å²) in [5.74, 6) is -1.61. The Morgan fingerprint density at radius 2 is 2.05 bits per heavy atom. The Hall–Kier alpha value is -1.92. The average molecular weight is 298 g/mol. The van der Waals surface area contributed by atoms with Gasteiger partial charge in [0, 0.05) is 32.7 Å². The molecule has 2 heterocycles. The SMILES string of the molecule is CCNc1nc(N(C)CC(=O)N2CCCC2)c(F)cc1F. The first kappa shape index (κ1) is 15.5. The van der Waals surface area contributed by atoms with Crippen molar-refractivity contribution in [2.24, 2.45) is 0 Å². The molecule has 1 N–H and O–H groups in total. The highest BCUT2D eigenvalue weighted by molar-refractivity contribution is 5.81. The average Bonchev–Trinajstić information content (AvgIpc) is 2.95. The zero-order valence-corrected chi connectivity index (χ0v) is 12.3. The van der Waals surface area contributed by atoms with Crippen molar-refractivity contribution in [1.82, 2.24) is 9.88 Å². The molecule has 1 aromatic heterocycles. The van der Waals surface area contributed by atoms with Crippen LogP contribution in [0.15, 0.2) is 6.07 Å². The largest absolute Gasteiger partial charge is 0.368 e. The fourth-order valence-corrected chi connectivity index (χ4v) is 2.36. The van der Waals surface area contributed by atoms with Crippen LogP contribution in [0.25, 0.3) is 0 Å². The molecule has 0 spiro atoms. The monoisotopic (exact) mass is 298 g/mol. The molecule has 0 atom stereocenters. The number of nitrogens with zero attached hydrogens (tertiary/aromatic N) is 3. The van der Waals surface area contributed by atoms with Crippen molar-refractivity contribution in [3.8, 4) is 0 Å². The van der Waals surface area contributed by atoms with E-state index in [4.69, 9.17) is 0 Å². The van der Waals surface area contributed by atoms with Crippen LogP contribution in [0.1, 0.15) is 19.8 Å². The maximum Gasteiger partial charge on any atom is 0.242 e. The number of amides is 1. The highest BCUT2D eigenvalue weighted by Crippen LogP contribution is 2.21. The van der Waals surface area contributed by atoms with E-state index in [9.17, 15) is 13.6 Å². The number of hydrogen-bond acceptors (Lipinski definition) is 4. The first-order valence-corrected chi connectivity index (χ1v) is 7.11. The lowest BCUT2D eigenvalue weighted by Crippen LogP contribution is -2.38. The summed E-state index contributed by atoms with van der Waals surface area (Å²) < 4.78 is 27.4. The molecule has 1 fully saturated rings. The minimum absolute atomic E-state index is 0.00521. The van der Waals surface area contributed by atoms with Crippen LogP contribution in [-0.2, 0) is 4.79 Å². The molecule has 0 saturated carbocycles. The van der Waals surface area contributed by atoms with Gasteiger partial charge in [-0.2, -0.15) is 0 Å². The summed E-state index contributed by atoms with van der Waals surface area (Å²) in [7, 11) is 1.58. The van der Waals surface area contributed by atoms with Gasteiger partial charge in [0.25, 0.3) is 0 Å². The summed E-state index contributed by atoms with van der Waals surface area (Å²) in [6.07, 6.45) is 2.01. The number of anilines is 2. The molecule has 1 aliphatic rings. The van der Waals surface area contributed by atoms with E-state index in [1.807, 2.05) is 0 Å². The number of halogens is 2. The van der Waals surface area contributed by atoms with E-state index < -0.39 is 11.6 Å². The summed E-state index contributed by atoms with van der Waals surface area (Å²) in [5, 5.41) is 2.73. The zero-order valence-electron chi connectivity index (χ0n) is 12.3. The molecule has 2 rings (SSSR count). The topological polar surface area (TPSA) is 48.5 Å².